The lowest BCUT2D eigenvalue weighted by Gasteiger charge is -2.18. The third kappa shape index (κ3) is 3.31. The summed E-state index contributed by atoms with van der Waals surface area (Å²) in [6.45, 7) is 2.09. The number of rotatable bonds is 3. The van der Waals surface area contributed by atoms with Crippen LogP contribution in [-0.2, 0) is 6.42 Å². The number of amides is 1. The number of halogens is 2. The molecule has 0 heterocycles. The van der Waals surface area contributed by atoms with Crippen LogP contribution in [0.2, 0.25) is 10.0 Å². The second-order valence-corrected chi connectivity index (χ2v) is 5.55. The van der Waals surface area contributed by atoms with E-state index in [0.717, 1.165) is 12.1 Å². The molecule has 0 aliphatic heterocycles. The molecule has 2 aromatic rings. The summed E-state index contributed by atoms with van der Waals surface area (Å²) >= 11 is 11.9. The van der Waals surface area contributed by atoms with Gasteiger partial charge in [-0.15, -0.1) is 0 Å². The number of anilines is 2. The van der Waals surface area contributed by atoms with Crippen molar-refractivity contribution in [2.24, 2.45) is 0 Å². The Balaban J connectivity index is 2.30. The second kappa shape index (κ2) is 6.37. The lowest BCUT2D eigenvalue weighted by Crippen LogP contribution is -2.26. The summed E-state index contributed by atoms with van der Waals surface area (Å²) in [5, 5.41) is 0.557. The van der Waals surface area contributed by atoms with Crippen LogP contribution >= 0.6 is 23.2 Å². The fourth-order valence-corrected chi connectivity index (χ4v) is 2.46. The van der Waals surface area contributed by atoms with Gasteiger partial charge in [0, 0.05) is 18.3 Å². The highest BCUT2D eigenvalue weighted by atomic mass is 35.5. The molecule has 0 aliphatic carbocycles. The van der Waals surface area contributed by atoms with Crippen molar-refractivity contribution in [3.63, 3.8) is 0 Å². The van der Waals surface area contributed by atoms with E-state index in [4.69, 9.17) is 28.9 Å². The molecule has 0 atom stereocenters. The van der Waals surface area contributed by atoms with E-state index in [2.05, 4.69) is 6.92 Å². The van der Waals surface area contributed by atoms with Gasteiger partial charge in [-0.3, -0.25) is 4.79 Å². The summed E-state index contributed by atoms with van der Waals surface area (Å²) in [6, 6.07) is 10.9. The van der Waals surface area contributed by atoms with E-state index in [1.165, 1.54) is 17.7 Å². The number of aryl methyl sites for hydroxylation is 1. The molecule has 3 nitrogen and oxygen atoms in total. The second-order valence-electron chi connectivity index (χ2n) is 4.74. The van der Waals surface area contributed by atoms with Crippen molar-refractivity contribution in [2.45, 2.75) is 13.3 Å². The van der Waals surface area contributed by atoms with Crippen LogP contribution in [0.25, 0.3) is 0 Å². The summed E-state index contributed by atoms with van der Waals surface area (Å²) in [4.78, 5) is 14.0. The van der Waals surface area contributed by atoms with Crippen LogP contribution in [0.15, 0.2) is 36.4 Å². The first-order chi connectivity index (χ1) is 9.93. The maximum absolute atomic E-state index is 12.5. The molecule has 0 saturated heterocycles. The molecule has 0 fully saturated rings. The Bertz CT molecular complexity index is 645. The maximum Gasteiger partial charge on any atom is 0.258 e. The molecule has 2 rings (SSSR count). The standard InChI is InChI=1S/C16H16Cl2N2O/c1-3-10-4-6-12(7-5-10)20(2)16(21)11-8-13(17)15(19)14(18)9-11/h4-9H,3,19H2,1-2H3. The van der Waals surface area contributed by atoms with Crippen LogP contribution in [0, 0.1) is 0 Å². The highest BCUT2D eigenvalue weighted by Crippen LogP contribution is 2.29. The molecule has 0 spiro atoms. The molecule has 2 aromatic carbocycles. The summed E-state index contributed by atoms with van der Waals surface area (Å²) in [5.41, 5.74) is 8.39. The predicted molar refractivity (Wildman–Crippen MR) is 89.4 cm³/mol. The van der Waals surface area contributed by atoms with Crippen molar-refractivity contribution in [3.05, 3.63) is 57.6 Å². The van der Waals surface area contributed by atoms with Gasteiger partial charge >= 0.3 is 0 Å². The Labute approximate surface area is 134 Å². The number of nitrogens with two attached hydrogens (primary N) is 1. The van der Waals surface area contributed by atoms with E-state index >= 15 is 0 Å². The number of nitrogens with zero attached hydrogens (tertiary/aromatic N) is 1. The zero-order chi connectivity index (χ0) is 15.6. The SMILES string of the molecule is CCc1ccc(N(C)C(=O)c2cc(Cl)c(N)c(Cl)c2)cc1. The van der Waals surface area contributed by atoms with Gasteiger partial charge in [-0.1, -0.05) is 42.3 Å². The quantitative estimate of drug-likeness (QED) is 0.850. The van der Waals surface area contributed by atoms with Crippen molar-refractivity contribution >= 4 is 40.5 Å². The van der Waals surface area contributed by atoms with E-state index in [0.29, 0.717) is 5.56 Å². The summed E-state index contributed by atoms with van der Waals surface area (Å²) in [6.07, 6.45) is 0.959. The maximum atomic E-state index is 12.5. The molecule has 21 heavy (non-hydrogen) atoms. The highest BCUT2D eigenvalue weighted by Gasteiger charge is 2.16. The smallest absolute Gasteiger partial charge is 0.258 e. The molecule has 5 heteroatoms. The van der Waals surface area contributed by atoms with E-state index in [1.54, 1.807) is 11.9 Å². The molecule has 0 aromatic heterocycles. The van der Waals surface area contributed by atoms with Crippen LogP contribution in [0.4, 0.5) is 11.4 Å². The highest BCUT2D eigenvalue weighted by molar-refractivity contribution is 6.39. The van der Waals surface area contributed by atoms with Crippen molar-refractivity contribution in [1.29, 1.82) is 0 Å². The van der Waals surface area contributed by atoms with Gasteiger partial charge in [0.1, 0.15) is 0 Å². The fraction of sp³-hybridized carbons (Fsp3) is 0.188. The van der Waals surface area contributed by atoms with Crippen LogP contribution in [-0.4, -0.2) is 13.0 Å². The molecule has 0 bridgehead atoms. The predicted octanol–water partition coefficient (Wildman–Crippen LogP) is 4.41. The molecular formula is C16H16Cl2N2O. The molecule has 0 saturated carbocycles. The van der Waals surface area contributed by atoms with Gasteiger partial charge < -0.3 is 10.6 Å². The molecule has 1 amide bonds. The van der Waals surface area contributed by atoms with Crippen molar-refractivity contribution < 1.29 is 4.79 Å². The average molecular weight is 323 g/mol. The number of benzene rings is 2. The van der Waals surface area contributed by atoms with Crippen molar-refractivity contribution in [1.82, 2.24) is 0 Å². The Morgan fingerprint density at radius 2 is 1.67 bits per heavy atom. The summed E-state index contributed by atoms with van der Waals surface area (Å²) < 4.78 is 0. The fourth-order valence-electron chi connectivity index (χ4n) is 1.97. The monoisotopic (exact) mass is 322 g/mol. The van der Waals surface area contributed by atoms with E-state index in [1.807, 2.05) is 24.3 Å². The topological polar surface area (TPSA) is 46.3 Å². The van der Waals surface area contributed by atoms with Crippen LogP contribution in [0.1, 0.15) is 22.8 Å². The number of hydrogen-bond donors (Lipinski definition) is 1. The number of carbonyl (C=O) groups is 1. The third-order valence-electron chi connectivity index (χ3n) is 3.36. The molecule has 0 radical (unpaired) electrons. The van der Waals surface area contributed by atoms with Crippen molar-refractivity contribution in [3.8, 4) is 0 Å². The lowest BCUT2D eigenvalue weighted by atomic mass is 10.1. The minimum Gasteiger partial charge on any atom is -0.396 e. The Kier molecular flexibility index (Phi) is 4.76. The van der Waals surface area contributed by atoms with Gasteiger partial charge in [0.15, 0.2) is 0 Å². The molecule has 0 aliphatic rings. The lowest BCUT2D eigenvalue weighted by molar-refractivity contribution is 0.0993. The van der Waals surface area contributed by atoms with Crippen molar-refractivity contribution in [2.75, 3.05) is 17.7 Å². The zero-order valence-electron chi connectivity index (χ0n) is 11.9. The molecular weight excluding hydrogens is 307 g/mol. The third-order valence-corrected chi connectivity index (χ3v) is 3.99. The first-order valence-corrected chi connectivity index (χ1v) is 7.31. The minimum absolute atomic E-state index is 0.192. The molecule has 0 unspecified atom stereocenters. The largest absolute Gasteiger partial charge is 0.396 e. The number of hydrogen-bond acceptors (Lipinski definition) is 2. The average Bonchev–Trinajstić information content (AvgIpc) is 2.50. The molecule has 2 N–H and O–H groups in total. The normalized spacial score (nSPS) is 10.5. The zero-order valence-corrected chi connectivity index (χ0v) is 13.4. The van der Waals surface area contributed by atoms with Gasteiger partial charge in [0.05, 0.1) is 15.7 Å². The number of carbonyl (C=O) groups excluding carboxylic acids is 1. The summed E-state index contributed by atoms with van der Waals surface area (Å²) in [7, 11) is 1.71. The van der Waals surface area contributed by atoms with Crippen LogP contribution in [0.5, 0.6) is 0 Å². The molecule has 110 valence electrons. The summed E-state index contributed by atoms with van der Waals surface area (Å²) in [5.74, 6) is -0.192. The Morgan fingerprint density at radius 3 is 2.14 bits per heavy atom. The van der Waals surface area contributed by atoms with E-state index in [9.17, 15) is 4.79 Å². The van der Waals surface area contributed by atoms with Gasteiger partial charge in [0.2, 0.25) is 0 Å². The van der Waals surface area contributed by atoms with Crippen LogP contribution < -0.4 is 10.6 Å². The Hall–Kier alpha value is -1.71. The van der Waals surface area contributed by atoms with E-state index < -0.39 is 0 Å². The van der Waals surface area contributed by atoms with Gasteiger partial charge in [-0.25, -0.2) is 0 Å². The van der Waals surface area contributed by atoms with Gasteiger partial charge in [0.25, 0.3) is 5.91 Å². The van der Waals surface area contributed by atoms with Gasteiger partial charge in [-0.2, -0.15) is 0 Å². The van der Waals surface area contributed by atoms with Gasteiger partial charge in [-0.05, 0) is 36.2 Å². The number of nitrogen functional groups attached to an aromatic ring is 1. The van der Waals surface area contributed by atoms with Crippen LogP contribution in [0.3, 0.4) is 0 Å². The van der Waals surface area contributed by atoms with E-state index in [-0.39, 0.29) is 21.6 Å². The minimum atomic E-state index is -0.192. The first kappa shape index (κ1) is 15.7. The first-order valence-electron chi connectivity index (χ1n) is 6.55. The Morgan fingerprint density at radius 1 is 1.14 bits per heavy atom.